The van der Waals surface area contributed by atoms with E-state index in [9.17, 15) is 0 Å². The van der Waals surface area contributed by atoms with Gasteiger partial charge in [-0.1, -0.05) is 38.0 Å². The zero-order valence-corrected chi connectivity index (χ0v) is 12.0. The van der Waals surface area contributed by atoms with Crippen molar-refractivity contribution in [3.63, 3.8) is 0 Å². The summed E-state index contributed by atoms with van der Waals surface area (Å²) in [6.45, 7) is 2.32. The summed E-state index contributed by atoms with van der Waals surface area (Å²) in [4.78, 5) is 2.05. The molecule has 0 unspecified atom stereocenters. The maximum absolute atomic E-state index is 5.51. The van der Waals surface area contributed by atoms with E-state index in [0.29, 0.717) is 6.04 Å². The van der Waals surface area contributed by atoms with Gasteiger partial charge < -0.3 is 10.2 Å². The molecule has 0 aromatic heterocycles. The first-order valence-electron chi connectivity index (χ1n) is 6.78. The van der Waals surface area contributed by atoms with Crippen LogP contribution in [0.5, 0.6) is 0 Å². The lowest BCUT2D eigenvalue weighted by molar-refractivity contribution is 0.309. The Balaban J connectivity index is 1.95. The molecule has 1 N–H and O–H groups in total. The quantitative estimate of drug-likeness (QED) is 0.820. The van der Waals surface area contributed by atoms with Crippen molar-refractivity contribution in [2.45, 2.75) is 38.6 Å². The van der Waals surface area contributed by atoms with Crippen molar-refractivity contribution in [3.8, 4) is 0 Å². The molecule has 0 heterocycles. The number of rotatable bonds is 2. The molecule has 1 aliphatic carbocycles. The molecule has 2 nitrogen and oxygen atoms in total. The zero-order valence-electron chi connectivity index (χ0n) is 11.2. The van der Waals surface area contributed by atoms with Crippen LogP contribution in [0.2, 0.25) is 0 Å². The molecule has 0 radical (unpaired) electrons. The molecule has 1 saturated carbocycles. The number of anilines is 1. The minimum absolute atomic E-state index is 0.539. The predicted octanol–water partition coefficient (Wildman–Crippen LogP) is 3.58. The summed E-state index contributed by atoms with van der Waals surface area (Å²) in [5.41, 5.74) is 1.14. The smallest absolute Gasteiger partial charge is 0.173 e. The van der Waals surface area contributed by atoms with Crippen molar-refractivity contribution in [1.29, 1.82) is 0 Å². The Morgan fingerprint density at radius 1 is 1.22 bits per heavy atom. The predicted molar refractivity (Wildman–Crippen MR) is 82.0 cm³/mol. The van der Waals surface area contributed by atoms with Gasteiger partial charge in [0.05, 0.1) is 0 Å². The van der Waals surface area contributed by atoms with Crippen molar-refractivity contribution in [2.24, 2.45) is 5.92 Å². The van der Waals surface area contributed by atoms with Gasteiger partial charge in [-0.15, -0.1) is 0 Å². The molecule has 0 aliphatic heterocycles. The summed E-state index contributed by atoms with van der Waals surface area (Å²) in [6.07, 6.45) is 5.24. The van der Waals surface area contributed by atoms with E-state index < -0.39 is 0 Å². The Hall–Kier alpha value is -1.09. The van der Waals surface area contributed by atoms with E-state index in [1.165, 1.54) is 25.7 Å². The highest BCUT2D eigenvalue weighted by Crippen LogP contribution is 2.24. The van der Waals surface area contributed by atoms with Crippen LogP contribution in [0.25, 0.3) is 0 Å². The SMILES string of the molecule is C[C@H]1CCCC[C@@H]1NC(=S)N(C)c1ccccc1. The number of thiocarbonyl (C=S) groups is 1. The summed E-state index contributed by atoms with van der Waals surface area (Å²) in [5.74, 6) is 0.723. The topological polar surface area (TPSA) is 15.3 Å². The van der Waals surface area contributed by atoms with Crippen molar-refractivity contribution < 1.29 is 0 Å². The average Bonchev–Trinajstić information content (AvgIpc) is 2.41. The molecule has 0 saturated heterocycles. The Morgan fingerprint density at radius 3 is 2.56 bits per heavy atom. The average molecular weight is 262 g/mol. The van der Waals surface area contributed by atoms with Gasteiger partial charge in [-0.2, -0.15) is 0 Å². The third-order valence-corrected chi connectivity index (χ3v) is 4.26. The molecule has 98 valence electrons. The fourth-order valence-electron chi connectivity index (χ4n) is 2.55. The maximum Gasteiger partial charge on any atom is 0.173 e. The number of hydrogen-bond acceptors (Lipinski definition) is 1. The van der Waals surface area contributed by atoms with Gasteiger partial charge in [0.1, 0.15) is 0 Å². The van der Waals surface area contributed by atoms with Crippen LogP contribution >= 0.6 is 12.2 Å². The number of para-hydroxylation sites is 1. The van der Waals surface area contributed by atoms with Crippen LogP contribution < -0.4 is 10.2 Å². The van der Waals surface area contributed by atoms with E-state index in [-0.39, 0.29) is 0 Å². The van der Waals surface area contributed by atoms with Crippen LogP contribution in [0.15, 0.2) is 30.3 Å². The first kappa shape index (κ1) is 13.3. The molecule has 3 heteroatoms. The standard InChI is InChI=1S/C15H22N2S/c1-12-8-6-7-11-14(12)16-15(18)17(2)13-9-4-3-5-10-13/h3-5,9-10,12,14H,6-8,11H2,1-2H3,(H,16,18)/t12-,14-/m0/s1. The van der Waals surface area contributed by atoms with Gasteiger partial charge in [0.2, 0.25) is 0 Å². The Bertz CT molecular complexity index is 391. The second-order valence-corrected chi connectivity index (χ2v) is 5.60. The van der Waals surface area contributed by atoms with Crippen molar-refractivity contribution >= 4 is 23.0 Å². The highest BCUT2D eigenvalue weighted by molar-refractivity contribution is 7.80. The van der Waals surface area contributed by atoms with Crippen molar-refractivity contribution in [2.75, 3.05) is 11.9 Å². The van der Waals surface area contributed by atoms with Gasteiger partial charge in [0, 0.05) is 18.8 Å². The molecule has 0 bridgehead atoms. The first-order chi connectivity index (χ1) is 8.68. The summed E-state index contributed by atoms with van der Waals surface area (Å²) in [5, 5.41) is 4.36. The zero-order chi connectivity index (χ0) is 13.0. The molecular formula is C15H22N2S. The monoisotopic (exact) mass is 262 g/mol. The molecule has 18 heavy (non-hydrogen) atoms. The van der Waals surface area contributed by atoms with Crippen molar-refractivity contribution in [1.82, 2.24) is 5.32 Å². The maximum atomic E-state index is 5.51. The Labute approximate surface area is 115 Å². The summed E-state index contributed by atoms with van der Waals surface area (Å²) in [6, 6.07) is 10.8. The molecule has 1 aromatic carbocycles. The van der Waals surface area contributed by atoms with E-state index in [1.54, 1.807) is 0 Å². The van der Waals surface area contributed by atoms with E-state index in [1.807, 2.05) is 25.2 Å². The normalized spacial score (nSPS) is 23.4. The van der Waals surface area contributed by atoms with Gasteiger partial charge >= 0.3 is 0 Å². The Morgan fingerprint density at radius 2 is 1.89 bits per heavy atom. The van der Waals surface area contributed by atoms with Crippen LogP contribution in [0.1, 0.15) is 32.6 Å². The highest BCUT2D eigenvalue weighted by atomic mass is 32.1. The molecular weight excluding hydrogens is 240 g/mol. The van der Waals surface area contributed by atoms with Gasteiger partial charge in [-0.25, -0.2) is 0 Å². The van der Waals surface area contributed by atoms with Gasteiger partial charge in [-0.3, -0.25) is 0 Å². The summed E-state index contributed by atoms with van der Waals surface area (Å²) >= 11 is 5.51. The van der Waals surface area contributed by atoms with Crippen LogP contribution in [0.4, 0.5) is 5.69 Å². The van der Waals surface area contributed by atoms with Crippen LogP contribution in [0.3, 0.4) is 0 Å². The third-order valence-electron chi connectivity index (χ3n) is 3.87. The summed E-state index contributed by atoms with van der Waals surface area (Å²) in [7, 11) is 2.03. The van der Waals surface area contributed by atoms with Gasteiger partial charge in [-0.05, 0) is 43.1 Å². The largest absolute Gasteiger partial charge is 0.359 e. The van der Waals surface area contributed by atoms with E-state index in [0.717, 1.165) is 16.7 Å². The fraction of sp³-hybridized carbons (Fsp3) is 0.533. The number of nitrogens with zero attached hydrogens (tertiary/aromatic N) is 1. The molecule has 1 aliphatic rings. The molecule has 1 fully saturated rings. The first-order valence-corrected chi connectivity index (χ1v) is 7.18. The minimum atomic E-state index is 0.539. The Kier molecular flexibility index (Phi) is 4.59. The highest BCUT2D eigenvalue weighted by Gasteiger charge is 2.22. The lowest BCUT2D eigenvalue weighted by Crippen LogP contribution is -2.46. The molecule has 1 aromatic rings. The lowest BCUT2D eigenvalue weighted by Gasteiger charge is -2.32. The number of hydrogen-bond donors (Lipinski definition) is 1. The van der Waals surface area contributed by atoms with Crippen LogP contribution in [-0.4, -0.2) is 18.2 Å². The number of benzene rings is 1. The van der Waals surface area contributed by atoms with Crippen LogP contribution in [0, 0.1) is 5.92 Å². The summed E-state index contributed by atoms with van der Waals surface area (Å²) < 4.78 is 0. The second-order valence-electron chi connectivity index (χ2n) is 5.21. The second kappa shape index (κ2) is 6.19. The fourth-order valence-corrected chi connectivity index (χ4v) is 2.81. The number of nitrogens with one attached hydrogen (secondary N) is 1. The molecule has 2 atom stereocenters. The molecule has 2 rings (SSSR count). The third kappa shape index (κ3) is 3.22. The minimum Gasteiger partial charge on any atom is -0.359 e. The molecule has 0 amide bonds. The van der Waals surface area contributed by atoms with Crippen LogP contribution in [-0.2, 0) is 0 Å². The molecule has 0 spiro atoms. The van der Waals surface area contributed by atoms with E-state index >= 15 is 0 Å². The van der Waals surface area contributed by atoms with Gasteiger partial charge in [0.25, 0.3) is 0 Å². The lowest BCUT2D eigenvalue weighted by atomic mass is 9.86. The van der Waals surface area contributed by atoms with Gasteiger partial charge in [0.15, 0.2) is 5.11 Å². The van der Waals surface area contributed by atoms with E-state index in [4.69, 9.17) is 12.2 Å². The van der Waals surface area contributed by atoms with Crippen molar-refractivity contribution in [3.05, 3.63) is 30.3 Å². The van der Waals surface area contributed by atoms with E-state index in [2.05, 4.69) is 29.3 Å².